The van der Waals surface area contributed by atoms with Crippen LogP contribution < -0.4 is 16.4 Å². The van der Waals surface area contributed by atoms with Crippen molar-refractivity contribution < 1.29 is 38.6 Å². The molecule has 12 heteroatoms. The number of ether oxygens (including phenoxy) is 2. The SMILES string of the molecule is C=CCN(C(=O)C(CCC(N)=O)NC(=O)OC(C)(C)C)C(C(=O)NCCC(=O)OCC)c1ccc(O)cc1. The van der Waals surface area contributed by atoms with Gasteiger partial charge in [0.2, 0.25) is 17.7 Å². The number of nitrogens with one attached hydrogen (secondary N) is 2. The number of nitrogens with two attached hydrogens (primary N) is 1. The number of phenolic OH excluding ortho intramolecular Hbond substituents is 1. The summed E-state index contributed by atoms with van der Waals surface area (Å²) in [5.74, 6) is -2.56. The Morgan fingerprint density at radius 3 is 2.29 bits per heavy atom. The quantitative estimate of drug-likeness (QED) is 0.206. The number of carbonyl (C=O) groups is 5. The Labute approximate surface area is 222 Å². The van der Waals surface area contributed by atoms with Gasteiger partial charge in [-0.15, -0.1) is 6.58 Å². The van der Waals surface area contributed by atoms with E-state index < -0.39 is 47.5 Å². The number of esters is 1. The molecule has 0 aliphatic heterocycles. The van der Waals surface area contributed by atoms with E-state index in [1.165, 1.54) is 35.2 Å². The number of amides is 4. The summed E-state index contributed by atoms with van der Waals surface area (Å²) in [4.78, 5) is 63.9. The van der Waals surface area contributed by atoms with Crippen LogP contribution in [-0.4, -0.2) is 71.1 Å². The van der Waals surface area contributed by atoms with Crippen LogP contribution in [0.2, 0.25) is 0 Å². The van der Waals surface area contributed by atoms with E-state index in [0.717, 1.165) is 0 Å². The number of benzene rings is 1. The molecule has 1 aromatic carbocycles. The number of hydrogen-bond donors (Lipinski definition) is 4. The van der Waals surface area contributed by atoms with Gasteiger partial charge >= 0.3 is 12.1 Å². The zero-order valence-electron chi connectivity index (χ0n) is 22.3. The second-order valence-corrected chi connectivity index (χ2v) is 9.32. The standard InChI is InChI=1S/C26H38N4O8/c1-6-16-30(24(35)19(12-13-20(27)32)29-25(36)38-26(3,4)5)22(17-8-10-18(31)11-9-17)23(34)28-15-14-21(33)37-7-2/h6,8-11,19,22,31H,1,7,12-16H2,2-5H3,(H2,27,32)(H,28,34)(H,29,36). The molecule has 0 heterocycles. The van der Waals surface area contributed by atoms with E-state index in [-0.39, 0.29) is 44.7 Å². The first-order chi connectivity index (χ1) is 17.8. The molecule has 12 nitrogen and oxygen atoms in total. The van der Waals surface area contributed by atoms with Crippen molar-refractivity contribution >= 4 is 29.8 Å². The predicted molar refractivity (Wildman–Crippen MR) is 139 cm³/mol. The van der Waals surface area contributed by atoms with Crippen LogP contribution in [0.5, 0.6) is 5.75 Å². The molecule has 210 valence electrons. The van der Waals surface area contributed by atoms with Crippen LogP contribution in [0.1, 0.15) is 58.6 Å². The van der Waals surface area contributed by atoms with Gasteiger partial charge < -0.3 is 35.8 Å². The van der Waals surface area contributed by atoms with Crippen LogP contribution in [0.15, 0.2) is 36.9 Å². The van der Waals surface area contributed by atoms with Gasteiger partial charge in [0.1, 0.15) is 23.4 Å². The summed E-state index contributed by atoms with van der Waals surface area (Å²) in [6, 6.07) is 3.15. The van der Waals surface area contributed by atoms with Crippen molar-refractivity contribution in [3.8, 4) is 5.75 Å². The van der Waals surface area contributed by atoms with Crippen molar-refractivity contribution in [1.29, 1.82) is 0 Å². The molecule has 2 atom stereocenters. The van der Waals surface area contributed by atoms with Gasteiger partial charge in [0, 0.05) is 19.5 Å². The van der Waals surface area contributed by atoms with Gasteiger partial charge in [0.05, 0.1) is 13.0 Å². The third kappa shape index (κ3) is 11.3. The molecule has 5 N–H and O–H groups in total. The molecule has 4 amide bonds. The van der Waals surface area contributed by atoms with Crippen molar-refractivity contribution in [3.05, 3.63) is 42.5 Å². The zero-order valence-corrected chi connectivity index (χ0v) is 22.3. The maximum absolute atomic E-state index is 13.8. The highest BCUT2D eigenvalue weighted by Crippen LogP contribution is 2.25. The van der Waals surface area contributed by atoms with Gasteiger partial charge in [-0.05, 0) is 51.8 Å². The first kappa shape index (κ1) is 31.9. The summed E-state index contributed by atoms with van der Waals surface area (Å²) in [6.07, 6.45) is 0.0606. The van der Waals surface area contributed by atoms with Gasteiger partial charge in [-0.1, -0.05) is 18.2 Å². The van der Waals surface area contributed by atoms with Crippen molar-refractivity contribution in [2.24, 2.45) is 5.73 Å². The van der Waals surface area contributed by atoms with Crippen LogP contribution in [0.3, 0.4) is 0 Å². The van der Waals surface area contributed by atoms with Gasteiger partial charge in [0.15, 0.2) is 0 Å². The molecule has 0 fully saturated rings. The number of hydrogen-bond acceptors (Lipinski definition) is 8. The molecule has 0 saturated carbocycles. The third-order valence-corrected chi connectivity index (χ3v) is 4.98. The Kier molecular flexibility index (Phi) is 12.8. The fraction of sp³-hybridized carbons (Fsp3) is 0.500. The second kappa shape index (κ2) is 15.2. The first-order valence-corrected chi connectivity index (χ1v) is 12.2. The van der Waals surface area contributed by atoms with E-state index in [0.29, 0.717) is 5.56 Å². The Morgan fingerprint density at radius 1 is 1.13 bits per heavy atom. The number of aromatic hydroxyl groups is 1. The molecule has 0 aliphatic carbocycles. The van der Waals surface area contributed by atoms with E-state index in [9.17, 15) is 29.1 Å². The number of alkyl carbamates (subject to hydrolysis) is 1. The smallest absolute Gasteiger partial charge is 0.408 e. The van der Waals surface area contributed by atoms with Crippen molar-refractivity contribution in [2.75, 3.05) is 19.7 Å². The molecule has 0 radical (unpaired) electrons. The topological polar surface area (TPSA) is 177 Å². The Hall–Kier alpha value is -4.09. The Balaban J connectivity index is 3.35. The summed E-state index contributed by atoms with van der Waals surface area (Å²) >= 11 is 0. The van der Waals surface area contributed by atoms with Gasteiger partial charge in [0.25, 0.3) is 0 Å². The highest BCUT2D eigenvalue weighted by molar-refractivity contribution is 5.92. The summed E-state index contributed by atoms with van der Waals surface area (Å²) in [7, 11) is 0. The summed E-state index contributed by atoms with van der Waals surface area (Å²) < 4.78 is 10.1. The Bertz CT molecular complexity index is 988. The lowest BCUT2D eigenvalue weighted by Crippen LogP contribution is -2.53. The molecular formula is C26H38N4O8. The highest BCUT2D eigenvalue weighted by Gasteiger charge is 2.36. The van der Waals surface area contributed by atoms with E-state index in [4.69, 9.17) is 15.2 Å². The zero-order chi connectivity index (χ0) is 28.9. The molecule has 0 aromatic heterocycles. The fourth-order valence-corrected chi connectivity index (χ4v) is 3.40. The lowest BCUT2D eigenvalue weighted by Gasteiger charge is -2.33. The van der Waals surface area contributed by atoms with Gasteiger partial charge in [-0.3, -0.25) is 19.2 Å². The normalized spacial score (nSPS) is 12.4. The number of primary amides is 1. The van der Waals surface area contributed by atoms with E-state index in [2.05, 4.69) is 17.2 Å². The third-order valence-electron chi connectivity index (χ3n) is 4.98. The number of carbonyl (C=O) groups excluding carboxylic acids is 5. The molecule has 0 bridgehead atoms. The maximum atomic E-state index is 13.8. The number of rotatable bonds is 14. The predicted octanol–water partition coefficient (Wildman–Crippen LogP) is 1.68. The lowest BCUT2D eigenvalue weighted by molar-refractivity contribution is -0.144. The van der Waals surface area contributed by atoms with E-state index >= 15 is 0 Å². The largest absolute Gasteiger partial charge is 0.508 e. The van der Waals surface area contributed by atoms with E-state index in [1.807, 2.05) is 0 Å². The van der Waals surface area contributed by atoms with Crippen molar-refractivity contribution in [3.63, 3.8) is 0 Å². The monoisotopic (exact) mass is 534 g/mol. The van der Waals surface area contributed by atoms with Gasteiger partial charge in [-0.2, -0.15) is 0 Å². The second-order valence-electron chi connectivity index (χ2n) is 9.32. The minimum atomic E-state index is -1.26. The molecular weight excluding hydrogens is 496 g/mol. The average Bonchev–Trinajstić information content (AvgIpc) is 2.81. The molecule has 1 aromatic rings. The summed E-state index contributed by atoms with van der Waals surface area (Å²) in [6.45, 7) is 10.3. The van der Waals surface area contributed by atoms with Crippen LogP contribution in [0, 0.1) is 0 Å². The molecule has 1 rings (SSSR count). The molecule has 0 spiro atoms. The summed E-state index contributed by atoms with van der Waals surface area (Å²) in [5, 5.41) is 14.8. The van der Waals surface area contributed by atoms with Crippen LogP contribution >= 0.6 is 0 Å². The van der Waals surface area contributed by atoms with Gasteiger partial charge in [-0.25, -0.2) is 4.79 Å². The minimum Gasteiger partial charge on any atom is -0.508 e. The fourth-order valence-electron chi connectivity index (χ4n) is 3.40. The highest BCUT2D eigenvalue weighted by atomic mass is 16.6. The average molecular weight is 535 g/mol. The van der Waals surface area contributed by atoms with E-state index in [1.54, 1.807) is 27.7 Å². The molecule has 38 heavy (non-hydrogen) atoms. The lowest BCUT2D eigenvalue weighted by atomic mass is 10.0. The van der Waals surface area contributed by atoms with Crippen LogP contribution in [0.4, 0.5) is 4.79 Å². The van der Waals surface area contributed by atoms with Crippen molar-refractivity contribution in [2.45, 2.75) is 64.6 Å². The van der Waals surface area contributed by atoms with Crippen LogP contribution in [-0.2, 0) is 28.7 Å². The number of phenols is 1. The van der Waals surface area contributed by atoms with Crippen LogP contribution in [0.25, 0.3) is 0 Å². The first-order valence-electron chi connectivity index (χ1n) is 12.2. The Morgan fingerprint density at radius 2 is 1.76 bits per heavy atom. The molecule has 0 saturated heterocycles. The summed E-state index contributed by atoms with van der Waals surface area (Å²) in [5.41, 5.74) is 4.77. The molecule has 2 unspecified atom stereocenters. The molecule has 0 aliphatic rings. The minimum absolute atomic E-state index is 0.0520. The maximum Gasteiger partial charge on any atom is 0.408 e. The number of nitrogens with zero attached hydrogens (tertiary/aromatic N) is 1. The van der Waals surface area contributed by atoms with Crippen molar-refractivity contribution in [1.82, 2.24) is 15.5 Å².